The second kappa shape index (κ2) is 3.65. The molecule has 0 aliphatic carbocycles. The van der Waals surface area contributed by atoms with Gasteiger partial charge in [0.05, 0.1) is 0 Å². The van der Waals surface area contributed by atoms with Crippen LogP contribution in [0.1, 0.15) is 11.1 Å². The highest BCUT2D eigenvalue weighted by Crippen LogP contribution is 2.31. The Morgan fingerprint density at radius 1 is 1.36 bits per heavy atom. The Hall–Kier alpha value is -0.970. The van der Waals surface area contributed by atoms with Gasteiger partial charge in [-0.25, -0.2) is 4.98 Å². The zero-order chi connectivity index (χ0) is 10.9. The van der Waals surface area contributed by atoms with Gasteiger partial charge in [0, 0.05) is 17.3 Å². The molecule has 6 heteroatoms. The molecule has 0 N–H and O–H groups in total. The molecule has 0 aromatic carbocycles. The van der Waals surface area contributed by atoms with E-state index >= 15 is 0 Å². The van der Waals surface area contributed by atoms with Crippen molar-refractivity contribution in [3.05, 3.63) is 22.5 Å². The first-order valence-electron chi connectivity index (χ1n) is 3.68. The van der Waals surface area contributed by atoms with Gasteiger partial charge in [-0.2, -0.15) is 0 Å². The summed E-state index contributed by atoms with van der Waals surface area (Å²) >= 11 is 5.56. The molecule has 0 spiro atoms. The number of alkyl halides is 3. The van der Waals surface area contributed by atoms with Crippen LogP contribution in [0.2, 0.25) is 5.15 Å². The molecule has 2 nitrogen and oxygen atoms in total. The van der Waals surface area contributed by atoms with E-state index in [2.05, 4.69) is 9.72 Å². The molecule has 1 aromatic rings. The van der Waals surface area contributed by atoms with E-state index in [-0.39, 0.29) is 16.5 Å². The predicted octanol–water partition coefficient (Wildman–Crippen LogP) is 3.25. The first kappa shape index (κ1) is 11.1. The summed E-state index contributed by atoms with van der Waals surface area (Å²) in [7, 11) is 0. The van der Waals surface area contributed by atoms with Crippen LogP contribution in [0, 0.1) is 13.8 Å². The molecule has 0 bridgehead atoms. The largest absolute Gasteiger partial charge is 0.573 e. The third-order valence-corrected chi connectivity index (χ3v) is 1.98. The van der Waals surface area contributed by atoms with Gasteiger partial charge in [0.2, 0.25) is 0 Å². The number of ether oxygens (including phenoxy) is 1. The average Bonchev–Trinajstić information content (AvgIpc) is 2.04. The van der Waals surface area contributed by atoms with Crippen LogP contribution in [-0.4, -0.2) is 11.3 Å². The maximum absolute atomic E-state index is 11.9. The van der Waals surface area contributed by atoms with E-state index in [1.807, 2.05) is 0 Å². The molecule has 0 saturated carbocycles. The average molecular weight is 226 g/mol. The molecule has 1 aromatic heterocycles. The minimum Gasteiger partial charge on any atom is -0.405 e. The smallest absolute Gasteiger partial charge is 0.405 e. The molecule has 0 radical (unpaired) electrons. The summed E-state index contributed by atoms with van der Waals surface area (Å²) in [5.74, 6) is -0.280. The fourth-order valence-electron chi connectivity index (χ4n) is 0.971. The number of aromatic nitrogens is 1. The summed E-state index contributed by atoms with van der Waals surface area (Å²) in [6.45, 7) is 2.89. The van der Waals surface area contributed by atoms with Crippen molar-refractivity contribution in [2.24, 2.45) is 0 Å². The lowest BCUT2D eigenvalue weighted by Crippen LogP contribution is -2.18. The van der Waals surface area contributed by atoms with Gasteiger partial charge in [-0.1, -0.05) is 11.6 Å². The standard InChI is InChI=1S/C8H7ClF3NO/c1-4-3-13-7(9)5(2)6(4)14-8(10,11)12/h3H,1-2H3. The third kappa shape index (κ3) is 2.51. The van der Waals surface area contributed by atoms with Crippen molar-refractivity contribution in [2.45, 2.75) is 20.2 Å². The van der Waals surface area contributed by atoms with Crippen molar-refractivity contribution in [3.8, 4) is 5.75 Å². The number of pyridine rings is 1. The quantitative estimate of drug-likeness (QED) is 0.685. The molecule has 14 heavy (non-hydrogen) atoms. The number of hydrogen-bond acceptors (Lipinski definition) is 2. The normalized spacial score (nSPS) is 11.6. The highest BCUT2D eigenvalue weighted by atomic mass is 35.5. The van der Waals surface area contributed by atoms with Crippen LogP contribution in [0.4, 0.5) is 13.2 Å². The minimum absolute atomic E-state index is 0.00912. The van der Waals surface area contributed by atoms with E-state index in [0.29, 0.717) is 5.56 Å². The molecule has 0 fully saturated rings. The molecule has 1 rings (SSSR count). The lowest BCUT2D eigenvalue weighted by molar-refractivity contribution is -0.275. The van der Waals surface area contributed by atoms with E-state index in [4.69, 9.17) is 11.6 Å². The molecular formula is C8H7ClF3NO. The Kier molecular flexibility index (Phi) is 2.89. The zero-order valence-electron chi connectivity index (χ0n) is 7.44. The Bertz CT molecular complexity index is 351. The summed E-state index contributed by atoms with van der Waals surface area (Å²) < 4.78 is 39.7. The molecule has 0 aliphatic rings. The number of nitrogens with zero attached hydrogens (tertiary/aromatic N) is 1. The highest BCUT2D eigenvalue weighted by Gasteiger charge is 2.32. The molecule has 0 atom stereocenters. The minimum atomic E-state index is -4.71. The highest BCUT2D eigenvalue weighted by molar-refractivity contribution is 6.30. The fourth-order valence-corrected chi connectivity index (χ4v) is 1.11. The second-order valence-corrected chi connectivity index (χ2v) is 3.09. The number of halogens is 4. The Morgan fingerprint density at radius 3 is 2.43 bits per heavy atom. The maximum Gasteiger partial charge on any atom is 0.573 e. The maximum atomic E-state index is 11.9. The van der Waals surface area contributed by atoms with Crippen molar-refractivity contribution in [1.82, 2.24) is 4.98 Å². The number of hydrogen-bond donors (Lipinski definition) is 0. The molecule has 1 heterocycles. The van der Waals surface area contributed by atoms with Crippen molar-refractivity contribution < 1.29 is 17.9 Å². The van der Waals surface area contributed by atoms with Crippen LogP contribution >= 0.6 is 11.6 Å². The van der Waals surface area contributed by atoms with Crippen LogP contribution in [0.15, 0.2) is 6.20 Å². The monoisotopic (exact) mass is 225 g/mol. The topological polar surface area (TPSA) is 22.1 Å². The summed E-state index contributed by atoms with van der Waals surface area (Å²) in [5, 5.41) is 0.00912. The fraction of sp³-hybridized carbons (Fsp3) is 0.375. The molecule has 0 unspecified atom stereocenters. The summed E-state index contributed by atoms with van der Waals surface area (Å²) in [6, 6.07) is 0. The van der Waals surface area contributed by atoms with Crippen LogP contribution in [0.25, 0.3) is 0 Å². The van der Waals surface area contributed by atoms with Crippen LogP contribution in [0.3, 0.4) is 0 Å². The molecule has 0 aliphatic heterocycles. The van der Waals surface area contributed by atoms with Gasteiger partial charge in [0.15, 0.2) is 0 Å². The number of aryl methyl sites for hydroxylation is 1. The van der Waals surface area contributed by atoms with E-state index in [1.54, 1.807) is 0 Å². The molecular weight excluding hydrogens is 219 g/mol. The molecule has 0 saturated heterocycles. The summed E-state index contributed by atoms with van der Waals surface area (Å²) in [4.78, 5) is 3.69. The Labute approximate surface area is 83.7 Å². The van der Waals surface area contributed by atoms with Crippen LogP contribution < -0.4 is 4.74 Å². The van der Waals surface area contributed by atoms with Crippen LogP contribution in [-0.2, 0) is 0 Å². The summed E-state index contributed by atoms with van der Waals surface area (Å²) in [5.41, 5.74) is 0.480. The SMILES string of the molecule is Cc1cnc(Cl)c(C)c1OC(F)(F)F. The van der Waals surface area contributed by atoms with Crippen molar-refractivity contribution in [1.29, 1.82) is 0 Å². The summed E-state index contributed by atoms with van der Waals surface area (Å²) in [6.07, 6.45) is -3.48. The molecule has 78 valence electrons. The van der Waals surface area contributed by atoms with Gasteiger partial charge in [0.25, 0.3) is 0 Å². The van der Waals surface area contributed by atoms with E-state index in [0.717, 1.165) is 0 Å². The van der Waals surface area contributed by atoms with Crippen LogP contribution in [0.5, 0.6) is 5.75 Å². The van der Waals surface area contributed by atoms with E-state index < -0.39 is 6.36 Å². The predicted molar refractivity (Wildman–Crippen MR) is 45.4 cm³/mol. The van der Waals surface area contributed by atoms with Gasteiger partial charge in [-0.15, -0.1) is 13.2 Å². The van der Waals surface area contributed by atoms with E-state index in [1.165, 1.54) is 20.0 Å². The zero-order valence-corrected chi connectivity index (χ0v) is 8.20. The van der Waals surface area contributed by atoms with E-state index in [9.17, 15) is 13.2 Å². The van der Waals surface area contributed by atoms with Crippen molar-refractivity contribution in [2.75, 3.05) is 0 Å². The van der Waals surface area contributed by atoms with Gasteiger partial charge >= 0.3 is 6.36 Å². The first-order chi connectivity index (χ1) is 6.31. The van der Waals surface area contributed by atoms with Gasteiger partial charge < -0.3 is 4.74 Å². The lowest BCUT2D eigenvalue weighted by atomic mass is 10.2. The first-order valence-corrected chi connectivity index (χ1v) is 4.06. The lowest BCUT2D eigenvalue weighted by Gasteiger charge is -2.13. The van der Waals surface area contributed by atoms with Gasteiger partial charge in [0.1, 0.15) is 10.9 Å². The third-order valence-electron chi connectivity index (χ3n) is 1.60. The number of rotatable bonds is 1. The van der Waals surface area contributed by atoms with Gasteiger partial charge in [-0.05, 0) is 13.8 Å². The second-order valence-electron chi connectivity index (χ2n) is 2.73. The van der Waals surface area contributed by atoms with Gasteiger partial charge in [-0.3, -0.25) is 0 Å². The van der Waals surface area contributed by atoms with Crippen molar-refractivity contribution in [3.63, 3.8) is 0 Å². The van der Waals surface area contributed by atoms with Crippen molar-refractivity contribution >= 4 is 11.6 Å². The Morgan fingerprint density at radius 2 is 1.93 bits per heavy atom. The Balaban J connectivity index is 3.13. The molecule has 0 amide bonds.